The zero-order chi connectivity index (χ0) is 12.5. The zero-order valence-corrected chi connectivity index (χ0v) is 10.4. The van der Waals surface area contributed by atoms with E-state index in [4.69, 9.17) is 11.6 Å². The molecule has 0 bridgehead atoms. The molecule has 2 aromatic heterocycles. The van der Waals surface area contributed by atoms with E-state index in [0.29, 0.717) is 5.02 Å². The molecule has 1 N–H and O–H groups in total. The molecule has 0 aliphatic carbocycles. The van der Waals surface area contributed by atoms with Crippen LogP contribution in [-0.4, -0.2) is 19.7 Å². The van der Waals surface area contributed by atoms with E-state index in [1.54, 1.807) is 10.9 Å². The van der Waals surface area contributed by atoms with E-state index in [2.05, 4.69) is 20.4 Å². The normalized spacial score (nSPS) is 10.8. The van der Waals surface area contributed by atoms with Crippen LogP contribution in [0.2, 0.25) is 5.02 Å². The smallest absolute Gasteiger partial charge is 0.163 e. The molecule has 18 heavy (non-hydrogen) atoms. The number of nitrogens with one attached hydrogen (secondary N) is 1. The van der Waals surface area contributed by atoms with Crippen LogP contribution in [0.15, 0.2) is 36.8 Å². The van der Waals surface area contributed by atoms with Gasteiger partial charge in [-0.15, -0.1) is 0 Å². The maximum Gasteiger partial charge on any atom is 0.163 e. The van der Waals surface area contributed by atoms with Crippen LogP contribution in [0.4, 0.5) is 11.5 Å². The summed E-state index contributed by atoms with van der Waals surface area (Å²) in [4.78, 5) is 8.41. The highest BCUT2D eigenvalue weighted by Crippen LogP contribution is 2.23. The molecular formula is C12H10ClN5. The number of rotatable bonds is 2. The fourth-order valence-corrected chi connectivity index (χ4v) is 1.86. The number of fused-ring (bicyclic) bond motifs is 1. The lowest BCUT2D eigenvalue weighted by Gasteiger charge is -2.06. The molecule has 0 amide bonds. The lowest BCUT2D eigenvalue weighted by molar-refractivity contribution is 0.785. The third-order valence-corrected chi connectivity index (χ3v) is 2.89. The molecule has 0 spiro atoms. The van der Waals surface area contributed by atoms with E-state index < -0.39 is 0 Å². The fourth-order valence-electron chi connectivity index (χ4n) is 1.73. The lowest BCUT2D eigenvalue weighted by Crippen LogP contribution is -1.96. The second-order valence-corrected chi connectivity index (χ2v) is 4.30. The van der Waals surface area contributed by atoms with Crippen LogP contribution in [0.3, 0.4) is 0 Å². The van der Waals surface area contributed by atoms with E-state index in [9.17, 15) is 0 Å². The minimum atomic E-state index is 0.703. The van der Waals surface area contributed by atoms with Crippen LogP contribution >= 0.6 is 11.6 Å². The molecule has 0 atom stereocenters. The summed E-state index contributed by atoms with van der Waals surface area (Å²) in [5.41, 5.74) is 1.71. The Balaban J connectivity index is 2.02. The third-order valence-electron chi connectivity index (χ3n) is 2.64. The second kappa shape index (κ2) is 4.27. The van der Waals surface area contributed by atoms with Gasteiger partial charge in [0, 0.05) is 17.8 Å². The first-order valence-electron chi connectivity index (χ1n) is 5.39. The number of hydrogen-bond donors (Lipinski definition) is 1. The molecule has 1 aromatic carbocycles. The SMILES string of the molecule is Cn1ncc2c(Nc3ccc(Cl)cc3)ncnc21. The number of benzene rings is 1. The predicted octanol–water partition coefficient (Wildman–Crippen LogP) is 2.76. The van der Waals surface area contributed by atoms with Gasteiger partial charge in [0.25, 0.3) is 0 Å². The van der Waals surface area contributed by atoms with Gasteiger partial charge in [-0.25, -0.2) is 9.97 Å². The summed E-state index contributed by atoms with van der Waals surface area (Å²) in [6.45, 7) is 0. The molecule has 0 saturated heterocycles. The molecule has 2 heterocycles. The Morgan fingerprint density at radius 2 is 1.94 bits per heavy atom. The average molecular weight is 260 g/mol. The fraction of sp³-hybridized carbons (Fsp3) is 0.0833. The van der Waals surface area contributed by atoms with Gasteiger partial charge in [0.15, 0.2) is 5.65 Å². The maximum absolute atomic E-state index is 5.85. The summed E-state index contributed by atoms with van der Waals surface area (Å²) < 4.78 is 1.71. The number of anilines is 2. The van der Waals surface area contributed by atoms with Gasteiger partial charge in [-0.05, 0) is 24.3 Å². The number of hydrogen-bond acceptors (Lipinski definition) is 4. The monoisotopic (exact) mass is 259 g/mol. The topological polar surface area (TPSA) is 55.6 Å². The van der Waals surface area contributed by atoms with Gasteiger partial charge in [0.1, 0.15) is 12.1 Å². The van der Waals surface area contributed by atoms with Crippen molar-refractivity contribution >= 4 is 34.1 Å². The average Bonchev–Trinajstić information content (AvgIpc) is 2.76. The first-order chi connectivity index (χ1) is 8.74. The Bertz CT molecular complexity index is 689. The van der Waals surface area contributed by atoms with Crippen molar-refractivity contribution in [3.63, 3.8) is 0 Å². The summed E-state index contributed by atoms with van der Waals surface area (Å²) in [5.74, 6) is 0.732. The summed E-state index contributed by atoms with van der Waals surface area (Å²) in [6.07, 6.45) is 3.26. The molecule has 0 unspecified atom stereocenters. The molecule has 3 aromatic rings. The largest absolute Gasteiger partial charge is 0.340 e. The molecule has 0 radical (unpaired) electrons. The van der Waals surface area contributed by atoms with E-state index in [0.717, 1.165) is 22.5 Å². The Hall–Kier alpha value is -2.14. The first kappa shape index (κ1) is 11.0. The highest BCUT2D eigenvalue weighted by Gasteiger charge is 2.07. The molecule has 3 rings (SSSR count). The van der Waals surface area contributed by atoms with Crippen molar-refractivity contribution in [3.05, 3.63) is 41.8 Å². The number of halogens is 1. The number of aryl methyl sites for hydroxylation is 1. The van der Waals surface area contributed by atoms with Crippen molar-refractivity contribution in [1.82, 2.24) is 19.7 Å². The van der Waals surface area contributed by atoms with E-state index in [-0.39, 0.29) is 0 Å². The van der Waals surface area contributed by atoms with Crippen LogP contribution in [-0.2, 0) is 7.05 Å². The van der Waals surface area contributed by atoms with E-state index in [1.807, 2.05) is 31.3 Å². The van der Waals surface area contributed by atoms with Crippen molar-refractivity contribution in [2.45, 2.75) is 0 Å². The zero-order valence-electron chi connectivity index (χ0n) is 9.63. The first-order valence-corrected chi connectivity index (χ1v) is 5.77. The van der Waals surface area contributed by atoms with Crippen molar-refractivity contribution in [2.75, 3.05) is 5.32 Å². The quantitative estimate of drug-likeness (QED) is 0.769. The highest BCUT2D eigenvalue weighted by atomic mass is 35.5. The van der Waals surface area contributed by atoms with Gasteiger partial charge in [-0.3, -0.25) is 4.68 Å². The van der Waals surface area contributed by atoms with Crippen LogP contribution < -0.4 is 5.32 Å². The van der Waals surface area contributed by atoms with Crippen LogP contribution in [0.25, 0.3) is 11.0 Å². The lowest BCUT2D eigenvalue weighted by atomic mass is 10.3. The van der Waals surface area contributed by atoms with Crippen molar-refractivity contribution in [3.8, 4) is 0 Å². The van der Waals surface area contributed by atoms with Crippen molar-refractivity contribution in [2.24, 2.45) is 7.05 Å². The molecule has 90 valence electrons. The second-order valence-electron chi connectivity index (χ2n) is 3.86. The van der Waals surface area contributed by atoms with E-state index in [1.165, 1.54) is 6.33 Å². The van der Waals surface area contributed by atoms with Gasteiger partial charge >= 0.3 is 0 Å². The van der Waals surface area contributed by atoms with Crippen molar-refractivity contribution in [1.29, 1.82) is 0 Å². The summed E-state index contributed by atoms with van der Waals surface area (Å²) >= 11 is 5.85. The third kappa shape index (κ3) is 1.89. The van der Waals surface area contributed by atoms with Gasteiger partial charge in [0.2, 0.25) is 0 Å². The van der Waals surface area contributed by atoms with Gasteiger partial charge in [-0.2, -0.15) is 5.10 Å². The number of nitrogens with zero attached hydrogens (tertiary/aromatic N) is 4. The molecule has 0 aliphatic rings. The minimum Gasteiger partial charge on any atom is -0.340 e. The molecule has 0 saturated carbocycles. The Morgan fingerprint density at radius 3 is 2.72 bits per heavy atom. The summed E-state index contributed by atoms with van der Waals surface area (Å²) in [5, 5.41) is 8.98. The summed E-state index contributed by atoms with van der Waals surface area (Å²) in [6, 6.07) is 7.44. The summed E-state index contributed by atoms with van der Waals surface area (Å²) in [7, 11) is 1.85. The maximum atomic E-state index is 5.85. The molecule has 0 fully saturated rings. The molecule has 0 aliphatic heterocycles. The van der Waals surface area contributed by atoms with Crippen LogP contribution in [0.5, 0.6) is 0 Å². The van der Waals surface area contributed by atoms with Gasteiger partial charge in [-0.1, -0.05) is 11.6 Å². The Labute approximate surface area is 108 Å². The van der Waals surface area contributed by atoms with E-state index >= 15 is 0 Å². The molecule has 5 nitrogen and oxygen atoms in total. The van der Waals surface area contributed by atoms with Crippen LogP contribution in [0.1, 0.15) is 0 Å². The molecular weight excluding hydrogens is 250 g/mol. The number of aromatic nitrogens is 4. The predicted molar refractivity (Wildman–Crippen MR) is 71.0 cm³/mol. The van der Waals surface area contributed by atoms with Gasteiger partial charge < -0.3 is 5.32 Å². The standard InChI is InChI=1S/C12H10ClN5/c1-18-12-10(6-16-18)11(14-7-15-12)17-9-4-2-8(13)3-5-9/h2-7H,1H3,(H,14,15,17). The molecule has 6 heteroatoms. The van der Waals surface area contributed by atoms with Gasteiger partial charge in [0.05, 0.1) is 11.6 Å². The Morgan fingerprint density at radius 1 is 1.17 bits per heavy atom. The highest BCUT2D eigenvalue weighted by molar-refractivity contribution is 6.30. The Kier molecular flexibility index (Phi) is 2.60. The van der Waals surface area contributed by atoms with Crippen molar-refractivity contribution < 1.29 is 0 Å². The van der Waals surface area contributed by atoms with Crippen LogP contribution in [0, 0.1) is 0 Å². The minimum absolute atomic E-state index is 0.703.